The number of allylic oxidation sites excluding steroid dienone is 4. The smallest absolute Gasteiger partial charge is 0.289 e. The van der Waals surface area contributed by atoms with E-state index in [2.05, 4.69) is 39.8 Å². The van der Waals surface area contributed by atoms with E-state index >= 15 is 0 Å². The van der Waals surface area contributed by atoms with Crippen LogP contribution in [0.1, 0.15) is 6.92 Å². The zero-order valence-electron chi connectivity index (χ0n) is 12.0. The number of rotatable bonds is 3. The van der Waals surface area contributed by atoms with Crippen LogP contribution in [0.2, 0.25) is 0 Å². The monoisotopic (exact) mass is 299 g/mol. The predicted molar refractivity (Wildman–Crippen MR) is 89.2 cm³/mol. The molecular formula is C16H17N3OS. The molecule has 1 saturated heterocycles. The van der Waals surface area contributed by atoms with Gasteiger partial charge in [-0.05, 0) is 43.0 Å². The van der Waals surface area contributed by atoms with E-state index in [1.165, 1.54) is 5.57 Å². The number of amides is 1. The molecule has 1 amide bonds. The zero-order valence-corrected chi connectivity index (χ0v) is 12.8. The van der Waals surface area contributed by atoms with Gasteiger partial charge in [0.2, 0.25) is 0 Å². The summed E-state index contributed by atoms with van der Waals surface area (Å²) in [4.78, 5) is 16.5. The van der Waals surface area contributed by atoms with Gasteiger partial charge in [-0.3, -0.25) is 9.79 Å². The maximum Gasteiger partial charge on any atom is 0.289 e. The van der Waals surface area contributed by atoms with Gasteiger partial charge in [-0.1, -0.05) is 30.2 Å². The molecule has 1 aliphatic carbocycles. The van der Waals surface area contributed by atoms with Crippen LogP contribution in [-0.2, 0) is 0 Å². The maximum atomic E-state index is 11.5. The van der Waals surface area contributed by atoms with E-state index in [4.69, 9.17) is 6.42 Å². The van der Waals surface area contributed by atoms with Gasteiger partial charge in [-0.25, -0.2) is 0 Å². The van der Waals surface area contributed by atoms with Crippen molar-refractivity contribution in [2.75, 3.05) is 13.6 Å². The van der Waals surface area contributed by atoms with Gasteiger partial charge in [0.15, 0.2) is 0 Å². The van der Waals surface area contributed by atoms with E-state index in [0.717, 1.165) is 22.2 Å². The summed E-state index contributed by atoms with van der Waals surface area (Å²) in [6.07, 6.45) is 15.4. The Labute approximate surface area is 129 Å². The summed E-state index contributed by atoms with van der Waals surface area (Å²) in [7, 11) is 1.93. The van der Waals surface area contributed by atoms with E-state index in [9.17, 15) is 4.79 Å². The molecule has 1 atom stereocenters. The number of nitrogens with one attached hydrogen (secondary N) is 2. The van der Waals surface area contributed by atoms with E-state index in [1.54, 1.807) is 0 Å². The van der Waals surface area contributed by atoms with Gasteiger partial charge < -0.3 is 10.6 Å². The second-order valence-corrected chi connectivity index (χ2v) is 5.47. The number of thioether (sulfide) groups is 1. The van der Waals surface area contributed by atoms with Crippen LogP contribution in [0.25, 0.3) is 0 Å². The summed E-state index contributed by atoms with van der Waals surface area (Å²) < 4.78 is 0. The second kappa shape index (κ2) is 7.11. The highest BCUT2D eigenvalue weighted by atomic mass is 32.2. The lowest BCUT2D eigenvalue weighted by atomic mass is 9.97. The minimum absolute atomic E-state index is 0.128. The molecule has 1 heterocycles. The van der Waals surface area contributed by atoms with Crippen molar-refractivity contribution in [1.29, 1.82) is 0 Å². The predicted octanol–water partition coefficient (Wildman–Crippen LogP) is 2.39. The highest BCUT2D eigenvalue weighted by molar-refractivity contribution is 8.18. The van der Waals surface area contributed by atoms with Crippen molar-refractivity contribution < 1.29 is 4.79 Å². The summed E-state index contributed by atoms with van der Waals surface area (Å²) in [6, 6.07) is 0.225. The third-order valence-electron chi connectivity index (χ3n) is 3.10. The second-order valence-electron chi connectivity index (χ2n) is 4.45. The van der Waals surface area contributed by atoms with Gasteiger partial charge >= 0.3 is 0 Å². The van der Waals surface area contributed by atoms with E-state index < -0.39 is 0 Å². The Morgan fingerprint density at radius 1 is 1.62 bits per heavy atom. The molecule has 0 aromatic heterocycles. The third-order valence-corrected chi connectivity index (χ3v) is 3.92. The standard InChI is InChI=1S/C16H17N3OS/c1-4-8-18-15-14(21-16(20)19-15)10-11-6-7-13(17-3)12(5-2)9-11/h1,5-7,9-10,13,17H,8H2,2-3H3,(H,18,19,20)/b12-5-,14-10-. The summed E-state index contributed by atoms with van der Waals surface area (Å²) in [5.74, 6) is 2.99. The van der Waals surface area contributed by atoms with Crippen LogP contribution in [0.15, 0.2) is 51.4 Å². The molecule has 2 rings (SSSR count). The quantitative estimate of drug-likeness (QED) is 0.787. The fourth-order valence-corrected chi connectivity index (χ4v) is 2.84. The molecular weight excluding hydrogens is 282 g/mol. The average molecular weight is 299 g/mol. The molecule has 2 aliphatic rings. The van der Waals surface area contributed by atoms with Crippen LogP contribution >= 0.6 is 11.8 Å². The highest BCUT2D eigenvalue weighted by Gasteiger charge is 2.23. The van der Waals surface area contributed by atoms with Crippen molar-refractivity contribution in [2.45, 2.75) is 13.0 Å². The minimum Gasteiger partial charge on any atom is -0.310 e. The van der Waals surface area contributed by atoms with E-state index in [1.807, 2.05) is 26.1 Å². The average Bonchev–Trinajstić information content (AvgIpc) is 2.84. The summed E-state index contributed by atoms with van der Waals surface area (Å²) in [6.45, 7) is 2.26. The molecule has 1 aliphatic heterocycles. The molecule has 0 radical (unpaired) electrons. The SMILES string of the molecule is C#CCN=C1NC(=O)S/C1=C\C1=CC(=C/C)/C(NC)C=C1. The summed E-state index contributed by atoms with van der Waals surface area (Å²) in [5, 5.41) is 5.80. The van der Waals surface area contributed by atoms with Gasteiger partial charge in [0.05, 0.1) is 10.9 Å². The van der Waals surface area contributed by atoms with Crippen molar-refractivity contribution >= 4 is 22.8 Å². The first-order valence-electron chi connectivity index (χ1n) is 6.60. The van der Waals surface area contributed by atoms with Crippen molar-refractivity contribution in [2.24, 2.45) is 4.99 Å². The molecule has 21 heavy (non-hydrogen) atoms. The van der Waals surface area contributed by atoms with Gasteiger partial charge in [-0.2, -0.15) is 0 Å². The molecule has 0 bridgehead atoms. The van der Waals surface area contributed by atoms with Gasteiger partial charge in [0.25, 0.3) is 5.24 Å². The molecule has 1 fully saturated rings. The van der Waals surface area contributed by atoms with Crippen LogP contribution in [0.4, 0.5) is 4.79 Å². The van der Waals surface area contributed by atoms with Crippen molar-refractivity contribution in [3.05, 3.63) is 46.4 Å². The van der Waals surface area contributed by atoms with Gasteiger partial charge in [-0.15, -0.1) is 6.42 Å². The maximum absolute atomic E-state index is 11.5. The Bertz CT molecular complexity index is 632. The van der Waals surface area contributed by atoms with Gasteiger partial charge in [0, 0.05) is 0 Å². The van der Waals surface area contributed by atoms with Crippen LogP contribution in [0, 0.1) is 12.3 Å². The number of aliphatic imine (C=N–C) groups is 1. The van der Waals surface area contributed by atoms with Crippen LogP contribution in [0.3, 0.4) is 0 Å². The summed E-state index contributed by atoms with van der Waals surface area (Å²) >= 11 is 1.14. The van der Waals surface area contributed by atoms with Crippen LogP contribution in [-0.4, -0.2) is 30.7 Å². The topological polar surface area (TPSA) is 53.5 Å². The van der Waals surface area contributed by atoms with Crippen LogP contribution in [0.5, 0.6) is 0 Å². The number of hydrogen-bond acceptors (Lipinski definition) is 4. The number of hydrogen-bond donors (Lipinski definition) is 2. The number of nitrogens with zero attached hydrogens (tertiary/aromatic N) is 1. The first kappa shape index (κ1) is 15.4. The molecule has 4 nitrogen and oxygen atoms in total. The molecule has 0 saturated carbocycles. The first-order chi connectivity index (χ1) is 10.2. The molecule has 0 aromatic carbocycles. The lowest BCUT2D eigenvalue weighted by Gasteiger charge is -2.18. The third kappa shape index (κ3) is 3.75. The van der Waals surface area contributed by atoms with Crippen LogP contribution < -0.4 is 10.6 Å². The molecule has 0 spiro atoms. The number of likely N-dealkylation sites (N-methyl/N-ethyl adjacent to an activating group) is 1. The van der Waals surface area contributed by atoms with E-state index in [-0.39, 0.29) is 17.8 Å². The Kier molecular flexibility index (Phi) is 5.20. The molecule has 0 aromatic rings. The minimum atomic E-state index is -0.128. The Morgan fingerprint density at radius 2 is 2.43 bits per heavy atom. The molecule has 2 N–H and O–H groups in total. The lowest BCUT2D eigenvalue weighted by molar-refractivity contribution is 0.265. The number of amidine groups is 1. The Hall–Kier alpha value is -2.03. The first-order valence-corrected chi connectivity index (χ1v) is 7.41. The fourth-order valence-electron chi connectivity index (χ4n) is 2.09. The van der Waals surface area contributed by atoms with E-state index in [0.29, 0.717) is 5.84 Å². The van der Waals surface area contributed by atoms with Crippen molar-refractivity contribution in [3.8, 4) is 12.3 Å². The Morgan fingerprint density at radius 3 is 3.10 bits per heavy atom. The molecule has 5 heteroatoms. The number of terminal acetylenes is 1. The lowest BCUT2D eigenvalue weighted by Crippen LogP contribution is -2.25. The highest BCUT2D eigenvalue weighted by Crippen LogP contribution is 2.27. The molecule has 1 unspecified atom stereocenters. The van der Waals surface area contributed by atoms with Crippen molar-refractivity contribution in [1.82, 2.24) is 10.6 Å². The van der Waals surface area contributed by atoms with Gasteiger partial charge in [0.1, 0.15) is 12.4 Å². The number of carbonyl (C=O) groups excluding carboxylic acids is 1. The van der Waals surface area contributed by atoms with Crippen molar-refractivity contribution in [3.63, 3.8) is 0 Å². The zero-order chi connectivity index (χ0) is 15.2. The number of carbonyl (C=O) groups is 1. The fraction of sp³-hybridized carbons (Fsp3) is 0.250. The summed E-state index contributed by atoms with van der Waals surface area (Å²) in [5.41, 5.74) is 2.22. The largest absolute Gasteiger partial charge is 0.310 e. The molecule has 108 valence electrons. The Balaban J connectivity index is 2.27. The normalized spacial score (nSPS) is 27.1.